The molecule has 2 aliphatic rings. The Bertz CT molecular complexity index is 549. The first-order valence-electron chi connectivity index (χ1n) is 7.14. The fourth-order valence-corrected chi connectivity index (χ4v) is 3.13. The highest BCUT2D eigenvalue weighted by Crippen LogP contribution is 2.46. The van der Waals surface area contributed by atoms with Crippen LogP contribution in [0.2, 0.25) is 0 Å². The number of ether oxygens (including phenoxy) is 1. The number of nitrogens with two attached hydrogens (primary N) is 1. The van der Waals surface area contributed by atoms with Crippen molar-refractivity contribution in [1.29, 1.82) is 5.26 Å². The predicted octanol–water partition coefficient (Wildman–Crippen LogP) is 3.02. The number of carbonyl (C=O) groups excluding carboxylic acids is 1. The van der Waals surface area contributed by atoms with Gasteiger partial charge in [0.05, 0.1) is 5.57 Å². The average molecular weight is 274 g/mol. The van der Waals surface area contributed by atoms with Crippen molar-refractivity contribution in [2.24, 2.45) is 23.0 Å². The van der Waals surface area contributed by atoms with Gasteiger partial charge in [0.25, 0.3) is 0 Å². The van der Waals surface area contributed by atoms with Crippen LogP contribution in [0.5, 0.6) is 0 Å². The molecule has 2 N–H and O–H groups in total. The maximum Gasteiger partial charge on any atom is 0.204 e. The van der Waals surface area contributed by atoms with Crippen LogP contribution in [0.4, 0.5) is 0 Å². The van der Waals surface area contributed by atoms with Crippen LogP contribution in [-0.4, -0.2) is 5.78 Å². The number of hydrogen-bond acceptors (Lipinski definition) is 4. The third-order valence-corrected chi connectivity index (χ3v) is 4.33. The van der Waals surface area contributed by atoms with Crippen LogP contribution in [0.15, 0.2) is 22.8 Å². The van der Waals surface area contributed by atoms with E-state index in [1.165, 1.54) is 0 Å². The van der Waals surface area contributed by atoms with Crippen molar-refractivity contribution < 1.29 is 9.53 Å². The zero-order valence-corrected chi connectivity index (χ0v) is 12.6. The van der Waals surface area contributed by atoms with E-state index in [0.29, 0.717) is 29.7 Å². The summed E-state index contributed by atoms with van der Waals surface area (Å²) in [6.07, 6.45) is 2.08. The number of nitriles is 1. The Morgan fingerprint density at radius 3 is 2.70 bits per heavy atom. The number of carbonyl (C=O) groups is 1. The summed E-state index contributed by atoms with van der Waals surface area (Å²) in [5.41, 5.74) is 6.89. The molecule has 0 aromatic carbocycles. The van der Waals surface area contributed by atoms with Crippen LogP contribution in [0, 0.1) is 28.6 Å². The molecule has 108 valence electrons. The van der Waals surface area contributed by atoms with Gasteiger partial charge in [0.15, 0.2) is 5.78 Å². The molecule has 0 fully saturated rings. The van der Waals surface area contributed by atoms with Crippen molar-refractivity contribution in [3.8, 4) is 6.07 Å². The highest BCUT2D eigenvalue weighted by Gasteiger charge is 2.43. The van der Waals surface area contributed by atoms with Crippen LogP contribution >= 0.6 is 0 Å². The van der Waals surface area contributed by atoms with E-state index in [1.54, 1.807) is 0 Å². The van der Waals surface area contributed by atoms with Gasteiger partial charge in [-0.2, -0.15) is 5.26 Å². The van der Waals surface area contributed by atoms with Crippen molar-refractivity contribution in [3.05, 3.63) is 22.8 Å². The van der Waals surface area contributed by atoms with Gasteiger partial charge in [-0.3, -0.25) is 4.79 Å². The zero-order chi connectivity index (χ0) is 15.1. The highest BCUT2D eigenvalue weighted by molar-refractivity contribution is 5.98. The van der Waals surface area contributed by atoms with Crippen LogP contribution in [0.25, 0.3) is 0 Å². The van der Waals surface area contributed by atoms with Crippen LogP contribution in [0.1, 0.15) is 47.0 Å². The first kappa shape index (κ1) is 14.6. The predicted molar refractivity (Wildman–Crippen MR) is 75.9 cm³/mol. The number of ketones is 1. The second-order valence-electron chi connectivity index (χ2n) is 6.63. The summed E-state index contributed by atoms with van der Waals surface area (Å²) in [5.74, 6) is 0.927. The third kappa shape index (κ3) is 2.33. The van der Waals surface area contributed by atoms with Gasteiger partial charge in [0.1, 0.15) is 11.8 Å². The number of nitrogens with zero attached hydrogens (tertiary/aromatic N) is 1. The van der Waals surface area contributed by atoms with Gasteiger partial charge >= 0.3 is 0 Å². The number of Topliss-reactive ketones (excluding diaryl/α,β-unsaturated/α-hetero) is 1. The van der Waals surface area contributed by atoms with Crippen molar-refractivity contribution in [1.82, 2.24) is 0 Å². The summed E-state index contributed by atoms with van der Waals surface area (Å²) in [4.78, 5) is 12.5. The maximum absolute atomic E-state index is 12.5. The molecule has 0 amide bonds. The SMILES string of the molecule is CC[C@@H](C)[C@H]1C(C#N)=C(N)OC2=C1C(=O)CC(C)(C)C2. The average Bonchev–Trinajstić information content (AvgIpc) is 2.34. The molecular weight excluding hydrogens is 252 g/mol. The lowest BCUT2D eigenvalue weighted by Crippen LogP contribution is -2.36. The lowest BCUT2D eigenvalue weighted by atomic mass is 9.68. The fraction of sp³-hybridized carbons (Fsp3) is 0.625. The summed E-state index contributed by atoms with van der Waals surface area (Å²) in [6, 6.07) is 2.14. The molecule has 0 aromatic rings. The molecule has 20 heavy (non-hydrogen) atoms. The molecule has 1 aliphatic heterocycles. The molecule has 2 rings (SSSR count). The standard InChI is InChI=1S/C16H22N2O2/c1-5-9(2)13-10(8-17)15(18)20-12-7-16(3,4)6-11(19)14(12)13/h9,13H,5-7,18H2,1-4H3/t9-,13+/m1/s1. The minimum Gasteiger partial charge on any atom is -0.444 e. The van der Waals surface area contributed by atoms with E-state index in [4.69, 9.17) is 10.5 Å². The zero-order valence-electron chi connectivity index (χ0n) is 12.6. The highest BCUT2D eigenvalue weighted by atomic mass is 16.5. The van der Waals surface area contributed by atoms with E-state index in [-0.39, 0.29) is 28.9 Å². The Balaban J connectivity index is 2.54. The van der Waals surface area contributed by atoms with Crippen LogP contribution < -0.4 is 5.73 Å². The lowest BCUT2D eigenvalue weighted by molar-refractivity contribution is -0.119. The molecule has 0 bridgehead atoms. The van der Waals surface area contributed by atoms with Crippen molar-refractivity contribution in [2.45, 2.75) is 47.0 Å². The molecule has 0 saturated heterocycles. The van der Waals surface area contributed by atoms with E-state index in [9.17, 15) is 10.1 Å². The summed E-state index contributed by atoms with van der Waals surface area (Å²) in [5, 5.41) is 9.35. The summed E-state index contributed by atoms with van der Waals surface area (Å²) in [7, 11) is 0. The third-order valence-electron chi connectivity index (χ3n) is 4.33. The normalized spacial score (nSPS) is 26.8. The molecule has 4 nitrogen and oxygen atoms in total. The molecule has 0 radical (unpaired) electrons. The molecular formula is C16H22N2O2. The Morgan fingerprint density at radius 2 is 2.15 bits per heavy atom. The molecule has 0 aromatic heterocycles. The summed E-state index contributed by atoms with van der Waals surface area (Å²) < 4.78 is 5.62. The van der Waals surface area contributed by atoms with E-state index >= 15 is 0 Å². The Labute approximate surface area is 120 Å². The van der Waals surface area contributed by atoms with Gasteiger partial charge in [0.2, 0.25) is 5.88 Å². The monoisotopic (exact) mass is 274 g/mol. The number of hydrogen-bond donors (Lipinski definition) is 1. The topological polar surface area (TPSA) is 76.1 Å². The summed E-state index contributed by atoms with van der Waals surface area (Å²) in [6.45, 7) is 8.22. The number of allylic oxidation sites excluding steroid dienone is 3. The van der Waals surface area contributed by atoms with Gasteiger partial charge in [-0.05, 0) is 11.3 Å². The second kappa shape index (κ2) is 4.97. The molecule has 0 spiro atoms. The van der Waals surface area contributed by atoms with Crippen LogP contribution in [0.3, 0.4) is 0 Å². The summed E-state index contributed by atoms with van der Waals surface area (Å²) >= 11 is 0. The van der Waals surface area contributed by atoms with E-state index in [1.807, 2.05) is 0 Å². The van der Waals surface area contributed by atoms with E-state index in [2.05, 4.69) is 33.8 Å². The Kier molecular flexibility index (Phi) is 3.64. The number of rotatable bonds is 2. The Morgan fingerprint density at radius 1 is 1.50 bits per heavy atom. The quantitative estimate of drug-likeness (QED) is 0.839. The van der Waals surface area contributed by atoms with Gasteiger partial charge in [0, 0.05) is 24.3 Å². The van der Waals surface area contributed by atoms with Gasteiger partial charge in [-0.1, -0.05) is 34.1 Å². The van der Waals surface area contributed by atoms with Gasteiger partial charge in [-0.15, -0.1) is 0 Å². The Hall–Kier alpha value is -1.76. The molecule has 0 saturated carbocycles. The lowest BCUT2D eigenvalue weighted by Gasteiger charge is -2.38. The largest absolute Gasteiger partial charge is 0.444 e. The smallest absolute Gasteiger partial charge is 0.204 e. The maximum atomic E-state index is 12.5. The molecule has 1 aliphatic carbocycles. The second-order valence-corrected chi connectivity index (χ2v) is 6.63. The van der Waals surface area contributed by atoms with Crippen molar-refractivity contribution in [2.75, 3.05) is 0 Å². The minimum absolute atomic E-state index is 0.0989. The van der Waals surface area contributed by atoms with Gasteiger partial charge in [-0.25, -0.2) is 0 Å². The van der Waals surface area contributed by atoms with Crippen molar-refractivity contribution >= 4 is 5.78 Å². The van der Waals surface area contributed by atoms with Crippen LogP contribution in [-0.2, 0) is 9.53 Å². The molecule has 2 atom stereocenters. The van der Waals surface area contributed by atoms with Gasteiger partial charge < -0.3 is 10.5 Å². The van der Waals surface area contributed by atoms with Crippen molar-refractivity contribution in [3.63, 3.8) is 0 Å². The minimum atomic E-state index is -0.211. The first-order chi connectivity index (χ1) is 9.30. The van der Waals surface area contributed by atoms with E-state index in [0.717, 1.165) is 6.42 Å². The molecule has 1 heterocycles. The fourth-order valence-electron chi connectivity index (χ4n) is 3.13. The molecule has 4 heteroatoms. The molecule has 0 unspecified atom stereocenters. The van der Waals surface area contributed by atoms with E-state index < -0.39 is 0 Å². The first-order valence-corrected chi connectivity index (χ1v) is 7.14.